The minimum Gasteiger partial charge on any atom is -0.478 e. The summed E-state index contributed by atoms with van der Waals surface area (Å²) in [6.07, 6.45) is 0. The van der Waals surface area contributed by atoms with Crippen molar-refractivity contribution in [3.63, 3.8) is 0 Å². The van der Waals surface area contributed by atoms with Gasteiger partial charge in [0.1, 0.15) is 0 Å². The van der Waals surface area contributed by atoms with Gasteiger partial charge in [-0.2, -0.15) is 0 Å². The van der Waals surface area contributed by atoms with Crippen LogP contribution < -0.4 is 0 Å². The van der Waals surface area contributed by atoms with E-state index in [1.165, 1.54) is 0 Å². The zero-order valence-corrected chi connectivity index (χ0v) is 11.1. The van der Waals surface area contributed by atoms with Crippen molar-refractivity contribution >= 4 is 62.5 Å². The summed E-state index contributed by atoms with van der Waals surface area (Å²) in [5, 5.41) is 17.9. The van der Waals surface area contributed by atoms with E-state index >= 15 is 0 Å². The van der Waals surface area contributed by atoms with Gasteiger partial charge in [0, 0.05) is 19.6 Å². The third-order valence-electron chi connectivity index (χ3n) is 1.82. The topological polar surface area (TPSA) is 74.6 Å². The van der Waals surface area contributed by atoms with Crippen LogP contribution in [0.15, 0.2) is 19.6 Å². The smallest absolute Gasteiger partial charge is 0.337 e. The van der Waals surface area contributed by atoms with Crippen LogP contribution in [0.2, 0.25) is 0 Å². The molecule has 1 rings (SSSR count). The number of carboxylic acid groups (broad SMARTS) is 2. The van der Waals surface area contributed by atoms with E-state index < -0.39 is 23.1 Å². The summed E-state index contributed by atoms with van der Waals surface area (Å²) in [7, 11) is 0. The van der Waals surface area contributed by atoms with Crippen LogP contribution in [0, 0.1) is 0 Å². The summed E-state index contributed by atoms with van der Waals surface area (Å²) in [6.45, 7) is 0. The number of benzene rings is 1. The number of hydrogen-bond donors (Lipinski definition) is 6. The average molecular weight is 294 g/mol. The molecule has 0 unspecified atom stereocenters. The lowest BCUT2D eigenvalue weighted by molar-refractivity contribution is 0.0644. The van der Waals surface area contributed by atoms with Gasteiger partial charge in [0.05, 0.1) is 11.1 Å². The number of rotatable bonds is 2. The first-order valence-corrected chi connectivity index (χ1v) is 5.54. The highest BCUT2D eigenvalue weighted by Crippen LogP contribution is 2.37. The molecule has 1 aromatic carbocycles. The predicted molar refractivity (Wildman–Crippen MR) is 69.4 cm³/mol. The molecular formula is C8H6O4S4. The second-order valence-corrected chi connectivity index (χ2v) is 4.54. The molecule has 0 heterocycles. The molecule has 86 valence electrons. The summed E-state index contributed by atoms with van der Waals surface area (Å²) in [4.78, 5) is 22.2. The largest absolute Gasteiger partial charge is 0.478 e. The summed E-state index contributed by atoms with van der Waals surface area (Å²) >= 11 is 15.9. The molecule has 0 fully saturated rings. The van der Waals surface area contributed by atoms with Gasteiger partial charge in [-0.3, -0.25) is 0 Å². The minimum absolute atomic E-state index is 0.0453. The van der Waals surface area contributed by atoms with E-state index in [0.717, 1.165) is 0 Å². The molecule has 0 saturated carbocycles. The standard InChI is InChI=1S/C8H6O4S4/c9-7(10)1-2(8(11)12)4(14)6(16)5(15)3(1)13/h13-16H,(H,9,10)(H,11,12). The quantitative estimate of drug-likeness (QED) is 0.473. The summed E-state index contributed by atoms with van der Waals surface area (Å²) in [5.41, 5.74) is -0.882. The highest BCUT2D eigenvalue weighted by Gasteiger charge is 2.26. The monoisotopic (exact) mass is 294 g/mol. The maximum Gasteiger partial charge on any atom is 0.337 e. The number of hydrogen-bond acceptors (Lipinski definition) is 6. The van der Waals surface area contributed by atoms with Gasteiger partial charge < -0.3 is 10.2 Å². The van der Waals surface area contributed by atoms with Crippen molar-refractivity contribution in [3.8, 4) is 0 Å². The fourth-order valence-corrected chi connectivity index (χ4v) is 2.38. The van der Waals surface area contributed by atoms with E-state index in [4.69, 9.17) is 10.2 Å². The van der Waals surface area contributed by atoms with Gasteiger partial charge in [0.25, 0.3) is 0 Å². The number of carboxylic acids is 2. The lowest BCUT2D eigenvalue weighted by Gasteiger charge is -2.13. The van der Waals surface area contributed by atoms with Crippen molar-refractivity contribution in [3.05, 3.63) is 11.1 Å². The second kappa shape index (κ2) is 4.82. The molecule has 0 atom stereocenters. The molecule has 0 bridgehead atoms. The average Bonchev–Trinajstić information content (AvgIpc) is 2.18. The van der Waals surface area contributed by atoms with Gasteiger partial charge in [-0.05, 0) is 0 Å². The van der Waals surface area contributed by atoms with Crippen LogP contribution in [0.1, 0.15) is 20.7 Å². The Bertz CT molecular complexity index is 453. The van der Waals surface area contributed by atoms with Crippen LogP contribution >= 0.6 is 50.5 Å². The summed E-state index contributed by atoms with van der Waals surface area (Å²) < 4.78 is 0. The van der Waals surface area contributed by atoms with Crippen molar-refractivity contribution in [2.45, 2.75) is 19.6 Å². The molecule has 2 N–H and O–H groups in total. The lowest BCUT2D eigenvalue weighted by atomic mass is 10.1. The Morgan fingerprint density at radius 1 is 0.688 bits per heavy atom. The zero-order chi connectivity index (χ0) is 12.6. The van der Waals surface area contributed by atoms with Crippen molar-refractivity contribution in [2.75, 3.05) is 0 Å². The van der Waals surface area contributed by atoms with Gasteiger partial charge >= 0.3 is 11.9 Å². The molecule has 8 heteroatoms. The Kier molecular flexibility index (Phi) is 4.11. The molecule has 0 radical (unpaired) electrons. The normalized spacial score (nSPS) is 10.2. The maximum absolute atomic E-state index is 11.0. The first kappa shape index (κ1) is 13.6. The van der Waals surface area contributed by atoms with Crippen LogP contribution in [0.25, 0.3) is 0 Å². The molecule has 0 aliphatic heterocycles. The van der Waals surface area contributed by atoms with E-state index in [-0.39, 0.29) is 19.6 Å². The van der Waals surface area contributed by atoms with Crippen LogP contribution in [-0.4, -0.2) is 22.2 Å². The highest BCUT2D eigenvalue weighted by molar-refractivity contribution is 7.86. The Hall–Kier alpha value is -0.440. The highest BCUT2D eigenvalue weighted by atomic mass is 32.1. The fraction of sp³-hybridized carbons (Fsp3) is 0. The van der Waals surface area contributed by atoms with Gasteiger partial charge in [-0.15, -0.1) is 50.5 Å². The van der Waals surface area contributed by atoms with Crippen LogP contribution in [0.4, 0.5) is 0 Å². The van der Waals surface area contributed by atoms with E-state index in [2.05, 4.69) is 50.5 Å². The third-order valence-corrected chi connectivity index (χ3v) is 4.14. The van der Waals surface area contributed by atoms with Gasteiger partial charge in [0.15, 0.2) is 0 Å². The van der Waals surface area contributed by atoms with E-state index in [9.17, 15) is 9.59 Å². The summed E-state index contributed by atoms with van der Waals surface area (Å²) in [6, 6.07) is 0. The zero-order valence-electron chi connectivity index (χ0n) is 7.50. The van der Waals surface area contributed by atoms with Crippen LogP contribution in [0.5, 0.6) is 0 Å². The number of thiol groups is 4. The Balaban J connectivity index is 3.83. The molecular weight excluding hydrogens is 288 g/mol. The molecule has 4 nitrogen and oxygen atoms in total. The van der Waals surface area contributed by atoms with E-state index in [1.54, 1.807) is 0 Å². The van der Waals surface area contributed by atoms with E-state index in [0.29, 0.717) is 0 Å². The molecule has 1 aromatic rings. The minimum atomic E-state index is -1.40. The Labute approximate surface area is 113 Å². The second-order valence-electron chi connectivity index (χ2n) is 2.75. The fourth-order valence-electron chi connectivity index (χ4n) is 1.11. The number of carbonyl (C=O) groups is 2. The van der Waals surface area contributed by atoms with Crippen molar-refractivity contribution in [1.82, 2.24) is 0 Å². The lowest BCUT2D eigenvalue weighted by Crippen LogP contribution is -2.11. The Morgan fingerprint density at radius 3 is 1.12 bits per heavy atom. The molecule has 16 heavy (non-hydrogen) atoms. The molecule has 0 amide bonds. The first-order valence-electron chi connectivity index (χ1n) is 3.75. The molecule has 0 aliphatic rings. The molecule has 0 saturated heterocycles. The molecule has 0 aromatic heterocycles. The van der Waals surface area contributed by atoms with Gasteiger partial charge in [-0.1, -0.05) is 0 Å². The van der Waals surface area contributed by atoms with Gasteiger partial charge in [-0.25, -0.2) is 9.59 Å². The SMILES string of the molecule is O=C(O)c1c(S)c(S)c(S)c(S)c1C(=O)O. The van der Waals surface area contributed by atoms with Gasteiger partial charge in [0.2, 0.25) is 0 Å². The first-order chi connectivity index (χ1) is 7.29. The molecule has 0 aliphatic carbocycles. The Morgan fingerprint density at radius 2 is 0.938 bits per heavy atom. The van der Waals surface area contributed by atoms with E-state index in [1.807, 2.05) is 0 Å². The van der Waals surface area contributed by atoms with Crippen molar-refractivity contribution < 1.29 is 19.8 Å². The van der Waals surface area contributed by atoms with Crippen molar-refractivity contribution in [1.29, 1.82) is 0 Å². The molecule has 0 spiro atoms. The van der Waals surface area contributed by atoms with Crippen LogP contribution in [0.3, 0.4) is 0 Å². The van der Waals surface area contributed by atoms with Crippen LogP contribution in [-0.2, 0) is 0 Å². The maximum atomic E-state index is 11.0. The summed E-state index contributed by atoms with van der Waals surface area (Å²) in [5.74, 6) is -2.80. The predicted octanol–water partition coefficient (Wildman–Crippen LogP) is 2.24. The number of aromatic carboxylic acids is 2. The third kappa shape index (κ3) is 2.15. The van der Waals surface area contributed by atoms with Crippen molar-refractivity contribution in [2.24, 2.45) is 0 Å².